The summed E-state index contributed by atoms with van der Waals surface area (Å²) in [5, 5.41) is 10.7. The summed E-state index contributed by atoms with van der Waals surface area (Å²) >= 11 is 0. The van der Waals surface area contributed by atoms with Crippen LogP contribution in [0.2, 0.25) is 0 Å². The first-order valence-electron chi connectivity index (χ1n) is 9.70. The fourth-order valence-corrected chi connectivity index (χ4v) is 3.77. The number of anilines is 1. The van der Waals surface area contributed by atoms with Crippen LogP contribution in [-0.4, -0.2) is 33.1 Å². The van der Waals surface area contributed by atoms with Crippen molar-refractivity contribution in [2.24, 2.45) is 10.2 Å². The van der Waals surface area contributed by atoms with E-state index in [0.29, 0.717) is 39.6 Å². The van der Waals surface area contributed by atoms with Crippen molar-refractivity contribution in [3.05, 3.63) is 77.6 Å². The summed E-state index contributed by atoms with van der Waals surface area (Å²) < 4.78 is 33.3. The Labute approximate surface area is 189 Å². The zero-order valence-corrected chi connectivity index (χ0v) is 18.5. The van der Waals surface area contributed by atoms with Crippen molar-refractivity contribution in [2.45, 2.75) is 11.8 Å². The molecule has 4 rings (SSSR count). The normalized spacial score (nSPS) is 15.1. The third kappa shape index (κ3) is 4.47. The maximum atomic E-state index is 12.9. The Morgan fingerprint density at radius 3 is 2.33 bits per heavy atom. The number of rotatable bonds is 5. The summed E-state index contributed by atoms with van der Waals surface area (Å²) in [5.74, 6) is 0.121. The molecular weight excluding hydrogens is 446 g/mol. The molecule has 168 valence electrons. The number of nitrogens with two attached hydrogens (primary N) is 1. The van der Waals surface area contributed by atoms with Crippen LogP contribution < -0.4 is 10.1 Å². The summed E-state index contributed by atoms with van der Waals surface area (Å²) in [6.45, 7) is 1.71. The van der Waals surface area contributed by atoms with Gasteiger partial charge >= 0.3 is 5.97 Å². The SMILES string of the molecule is COC(=O)c1ccc(N2N=C(C)C(=Cc3ccc(-c4ccc(S(N)(=O)=O)cc4)o3)C2=O)cc1. The summed E-state index contributed by atoms with van der Waals surface area (Å²) in [6, 6.07) is 15.7. The minimum atomic E-state index is -3.78. The van der Waals surface area contributed by atoms with E-state index in [4.69, 9.17) is 9.56 Å². The molecule has 9 nitrogen and oxygen atoms in total. The van der Waals surface area contributed by atoms with E-state index in [0.717, 1.165) is 0 Å². The molecule has 2 N–H and O–H groups in total. The quantitative estimate of drug-likeness (QED) is 0.455. The monoisotopic (exact) mass is 465 g/mol. The van der Waals surface area contributed by atoms with Crippen LogP contribution in [0.3, 0.4) is 0 Å². The maximum Gasteiger partial charge on any atom is 0.337 e. The average molecular weight is 465 g/mol. The molecule has 0 spiro atoms. The number of carbonyl (C=O) groups excluding carboxylic acids is 2. The molecule has 0 atom stereocenters. The van der Waals surface area contributed by atoms with Gasteiger partial charge in [-0.2, -0.15) is 10.1 Å². The number of furan rings is 1. The van der Waals surface area contributed by atoms with Gasteiger partial charge in [0.1, 0.15) is 11.5 Å². The van der Waals surface area contributed by atoms with Crippen LogP contribution in [0.5, 0.6) is 0 Å². The number of methoxy groups -OCH3 is 1. The first kappa shape index (κ1) is 22.2. The molecule has 10 heteroatoms. The van der Waals surface area contributed by atoms with Gasteiger partial charge in [-0.15, -0.1) is 0 Å². The number of primary sulfonamides is 1. The van der Waals surface area contributed by atoms with Crippen LogP contribution >= 0.6 is 0 Å². The van der Waals surface area contributed by atoms with Crippen molar-refractivity contribution in [2.75, 3.05) is 12.1 Å². The van der Waals surface area contributed by atoms with E-state index in [1.807, 2.05) is 0 Å². The van der Waals surface area contributed by atoms with Crippen LogP contribution in [0.25, 0.3) is 17.4 Å². The Kier molecular flexibility index (Phi) is 5.71. The van der Waals surface area contributed by atoms with Gasteiger partial charge in [0.2, 0.25) is 10.0 Å². The molecule has 0 saturated carbocycles. The van der Waals surface area contributed by atoms with Gasteiger partial charge < -0.3 is 9.15 Å². The fourth-order valence-electron chi connectivity index (χ4n) is 3.25. The van der Waals surface area contributed by atoms with Gasteiger partial charge in [-0.25, -0.2) is 18.4 Å². The zero-order valence-electron chi connectivity index (χ0n) is 17.7. The van der Waals surface area contributed by atoms with Gasteiger partial charge in [0, 0.05) is 5.56 Å². The van der Waals surface area contributed by atoms with E-state index in [2.05, 4.69) is 9.84 Å². The molecule has 1 aromatic heterocycles. The summed E-state index contributed by atoms with van der Waals surface area (Å²) in [4.78, 5) is 24.5. The van der Waals surface area contributed by atoms with Crippen molar-refractivity contribution >= 4 is 39.4 Å². The molecule has 1 aliphatic heterocycles. The van der Waals surface area contributed by atoms with Crippen molar-refractivity contribution in [3.63, 3.8) is 0 Å². The second kappa shape index (κ2) is 8.49. The molecule has 0 bridgehead atoms. The lowest BCUT2D eigenvalue weighted by Gasteiger charge is -2.12. The molecule has 1 aliphatic rings. The Bertz CT molecular complexity index is 1400. The number of benzene rings is 2. The Hall–Kier alpha value is -4.02. The number of ether oxygens (including phenoxy) is 1. The van der Waals surface area contributed by atoms with E-state index in [-0.39, 0.29) is 10.8 Å². The molecule has 1 amide bonds. The third-order valence-electron chi connectivity index (χ3n) is 4.98. The Balaban J connectivity index is 1.56. The number of hydrazone groups is 1. The predicted molar refractivity (Wildman–Crippen MR) is 122 cm³/mol. The van der Waals surface area contributed by atoms with E-state index < -0.39 is 16.0 Å². The molecule has 2 heterocycles. The highest BCUT2D eigenvalue weighted by atomic mass is 32.2. The van der Waals surface area contributed by atoms with Crippen molar-refractivity contribution in [1.82, 2.24) is 0 Å². The predicted octanol–water partition coefficient (Wildman–Crippen LogP) is 3.19. The lowest BCUT2D eigenvalue weighted by molar-refractivity contribution is -0.114. The van der Waals surface area contributed by atoms with Crippen LogP contribution in [0.15, 0.2) is 80.7 Å². The van der Waals surface area contributed by atoms with E-state index in [1.54, 1.807) is 61.5 Å². The van der Waals surface area contributed by atoms with Crippen LogP contribution in [-0.2, 0) is 19.6 Å². The topological polar surface area (TPSA) is 132 Å². The molecular formula is C23H19N3O6S. The number of esters is 1. The van der Waals surface area contributed by atoms with Gasteiger partial charge in [0.05, 0.1) is 34.5 Å². The molecule has 0 unspecified atom stereocenters. The van der Waals surface area contributed by atoms with Gasteiger partial charge in [0.25, 0.3) is 5.91 Å². The first-order valence-corrected chi connectivity index (χ1v) is 11.2. The van der Waals surface area contributed by atoms with Gasteiger partial charge in [-0.05, 0) is 73.7 Å². The molecule has 3 aromatic rings. The highest BCUT2D eigenvalue weighted by molar-refractivity contribution is 7.89. The molecule has 0 saturated heterocycles. The first-order chi connectivity index (χ1) is 15.7. The van der Waals surface area contributed by atoms with Crippen molar-refractivity contribution < 1.29 is 27.2 Å². The Morgan fingerprint density at radius 1 is 1.06 bits per heavy atom. The van der Waals surface area contributed by atoms with Gasteiger partial charge in [-0.1, -0.05) is 0 Å². The highest BCUT2D eigenvalue weighted by Crippen LogP contribution is 2.28. The molecule has 0 aliphatic carbocycles. The highest BCUT2D eigenvalue weighted by Gasteiger charge is 2.29. The number of sulfonamides is 1. The fraction of sp³-hybridized carbons (Fsp3) is 0.0870. The Morgan fingerprint density at radius 2 is 1.73 bits per heavy atom. The third-order valence-corrected chi connectivity index (χ3v) is 5.91. The molecule has 0 fully saturated rings. The number of hydrogen-bond donors (Lipinski definition) is 1. The lowest BCUT2D eigenvalue weighted by atomic mass is 10.1. The minimum absolute atomic E-state index is 0.00301. The number of nitrogens with zero attached hydrogens (tertiary/aromatic N) is 2. The van der Waals surface area contributed by atoms with Crippen LogP contribution in [0, 0.1) is 0 Å². The standard InChI is InChI=1S/C23H19N3O6S/c1-14-20(22(27)26(25-14)17-7-3-16(4-8-17)23(28)31-2)13-18-9-12-21(32-18)15-5-10-19(11-6-15)33(24,29)30/h3-13H,1-2H3,(H2,24,29,30). The molecule has 33 heavy (non-hydrogen) atoms. The van der Waals surface area contributed by atoms with Crippen molar-refractivity contribution in [1.29, 1.82) is 0 Å². The molecule has 0 radical (unpaired) electrons. The van der Waals surface area contributed by atoms with E-state index in [9.17, 15) is 18.0 Å². The maximum absolute atomic E-state index is 12.9. The summed E-state index contributed by atoms with van der Waals surface area (Å²) in [6.07, 6.45) is 1.59. The molecule has 2 aromatic carbocycles. The van der Waals surface area contributed by atoms with Gasteiger partial charge in [0.15, 0.2) is 0 Å². The largest absolute Gasteiger partial charge is 0.465 e. The average Bonchev–Trinajstić information content (AvgIpc) is 3.38. The van der Waals surface area contributed by atoms with Gasteiger partial charge in [-0.3, -0.25) is 4.79 Å². The van der Waals surface area contributed by atoms with E-state index in [1.165, 1.54) is 24.3 Å². The summed E-state index contributed by atoms with van der Waals surface area (Å²) in [5.41, 5.74) is 2.39. The minimum Gasteiger partial charge on any atom is -0.465 e. The number of carbonyl (C=O) groups is 2. The smallest absolute Gasteiger partial charge is 0.337 e. The van der Waals surface area contributed by atoms with Crippen LogP contribution in [0.4, 0.5) is 5.69 Å². The second-order valence-electron chi connectivity index (χ2n) is 7.17. The zero-order chi connectivity index (χ0) is 23.8. The number of amides is 1. The lowest BCUT2D eigenvalue weighted by Crippen LogP contribution is -2.21. The number of hydrogen-bond acceptors (Lipinski definition) is 7. The summed E-state index contributed by atoms with van der Waals surface area (Å²) in [7, 11) is -2.48. The second-order valence-corrected chi connectivity index (χ2v) is 8.73. The van der Waals surface area contributed by atoms with E-state index >= 15 is 0 Å². The van der Waals surface area contributed by atoms with Crippen LogP contribution in [0.1, 0.15) is 23.0 Å². The van der Waals surface area contributed by atoms with Crippen molar-refractivity contribution in [3.8, 4) is 11.3 Å².